The second kappa shape index (κ2) is 19.0. The molecule has 60 heavy (non-hydrogen) atoms. The second-order valence-corrected chi connectivity index (χ2v) is 18.4. The Kier molecular flexibility index (Phi) is 14.7. The quantitative estimate of drug-likeness (QED) is 0.0736. The van der Waals surface area contributed by atoms with Gasteiger partial charge in [0.2, 0.25) is 0 Å². The Balaban J connectivity index is 1.35. The molecule has 0 bridgehead atoms. The average molecular weight is 817 g/mol. The number of carbonyl (C=O) groups is 2. The van der Waals surface area contributed by atoms with Crippen molar-refractivity contribution in [3.05, 3.63) is 107 Å². The van der Waals surface area contributed by atoms with E-state index in [1.54, 1.807) is 0 Å². The van der Waals surface area contributed by atoms with Crippen LogP contribution in [0.3, 0.4) is 0 Å². The molecule has 0 spiro atoms. The summed E-state index contributed by atoms with van der Waals surface area (Å²) in [5, 5.41) is 0. The highest BCUT2D eigenvalue weighted by molar-refractivity contribution is 5.81. The monoisotopic (exact) mass is 817 g/mol. The van der Waals surface area contributed by atoms with Gasteiger partial charge >= 0.3 is 11.9 Å². The summed E-state index contributed by atoms with van der Waals surface area (Å²) in [6.45, 7) is 24.7. The van der Waals surface area contributed by atoms with Crippen molar-refractivity contribution < 1.29 is 28.5 Å². The zero-order chi connectivity index (χ0) is 43.9. The molecule has 1 saturated carbocycles. The van der Waals surface area contributed by atoms with Gasteiger partial charge in [-0.1, -0.05) is 97.2 Å². The van der Waals surface area contributed by atoms with Crippen LogP contribution in [0.15, 0.2) is 84.9 Å². The summed E-state index contributed by atoms with van der Waals surface area (Å²) in [6, 6.07) is 29.1. The Bertz CT molecular complexity index is 2060. The molecule has 0 radical (unpaired) electrons. The Morgan fingerprint density at radius 1 is 0.533 bits per heavy atom. The van der Waals surface area contributed by atoms with E-state index in [-0.39, 0.29) is 23.0 Å². The van der Waals surface area contributed by atoms with Gasteiger partial charge in [-0.3, -0.25) is 9.59 Å². The van der Waals surface area contributed by atoms with Gasteiger partial charge in [-0.05, 0) is 175 Å². The molecule has 4 aromatic carbocycles. The molecule has 0 N–H and O–H groups in total. The highest BCUT2D eigenvalue weighted by Crippen LogP contribution is 2.48. The lowest BCUT2D eigenvalue weighted by Gasteiger charge is -2.45. The lowest BCUT2D eigenvalue weighted by molar-refractivity contribution is -0.163. The Labute approximate surface area is 361 Å². The predicted octanol–water partition coefficient (Wildman–Crippen LogP) is 14.5. The molecule has 6 nitrogen and oxygen atoms in total. The lowest BCUT2D eigenvalue weighted by atomic mass is 9.65. The molecule has 0 aromatic heterocycles. The molecule has 0 saturated heterocycles. The molecule has 1 aliphatic rings. The van der Waals surface area contributed by atoms with Crippen LogP contribution in [0.25, 0.3) is 11.1 Å². The summed E-state index contributed by atoms with van der Waals surface area (Å²) in [5.41, 5.74) is 4.01. The fourth-order valence-electron chi connectivity index (χ4n) is 8.99. The van der Waals surface area contributed by atoms with Crippen molar-refractivity contribution in [2.75, 3.05) is 0 Å². The molecule has 1 atom stereocenters. The van der Waals surface area contributed by atoms with Gasteiger partial charge in [0.15, 0.2) is 0 Å². The summed E-state index contributed by atoms with van der Waals surface area (Å²) in [6.07, 6.45) is 9.94. The van der Waals surface area contributed by atoms with Gasteiger partial charge in [0, 0.05) is 5.41 Å². The minimum Gasteiger partial charge on any atom is -0.487 e. The van der Waals surface area contributed by atoms with Crippen molar-refractivity contribution in [1.82, 2.24) is 0 Å². The molecule has 1 aliphatic carbocycles. The van der Waals surface area contributed by atoms with Gasteiger partial charge in [0.05, 0.1) is 5.41 Å². The number of benzene rings is 4. The first kappa shape index (κ1) is 46.5. The lowest BCUT2D eigenvalue weighted by Crippen LogP contribution is -2.55. The van der Waals surface area contributed by atoms with Crippen LogP contribution in [0.4, 0.5) is 0 Å². The third kappa shape index (κ3) is 9.48. The third-order valence-electron chi connectivity index (χ3n) is 14.5. The number of hydrogen-bond acceptors (Lipinski definition) is 6. The number of rotatable bonds is 18. The molecule has 0 amide bonds. The first-order valence-corrected chi connectivity index (χ1v) is 22.7. The predicted molar refractivity (Wildman–Crippen MR) is 245 cm³/mol. The number of esters is 2. The number of hydrogen-bond donors (Lipinski definition) is 0. The first-order valence-electron chi connectivity index (χ1n) is 22.7. The van der Waals surface area contributed by atoms with Gasteiger partial charge < -0.3 is 18.9 Å². The number of ether oxygens (including phenoxy) is 4. The van der Waals surface area contributed by atoms with E-state index in [1.165, 1.54) is 17.5 Å². The minimum atomic E-state index is -0.897. The third-order valence-corrected chi connectivity index (χ3v) is 14.5. The topological polar surface area (TPSA) is 71.1 Å². The average Bonchev–Trinajstić information content (AvgIpc) is 3.26. The van der Waals surface area contributed by atoms with Crippen LogP contribution in [-0.2, 0) is 15.0 Å². The van der Waals surface area contributed by atoms with Crippen LogP contribution in [-0.4, -0.2) is 23.1 Å². The zero-order valence-corrected chi connectivity index (χ0v) is 38.8. The van der Waals surface area contributed by atoms with E-state index in [4.69, 9.17) is 18.9 Å². The molecular formula is C54H72O6. The van der Waals surface area contributed by atoms with Crippen LogP contribution < -0.4 is 18.9 Å². The summed E-state index contributed by atoms with van der Waals surface area (Å²) < 4.78 is 25.5. The molecule has 324 valence electrons. The molecule has 5 rings (SSSR count). The molecule has 4 aromatic rings. The molecule has 0 aliphatic heterocycles. The zero-order valence-electron chi connectivity index (χ0n) is 38.8. The van der Waals surface area contributed by atoms with Gasteiger partial charge in [-0.15, -0.1) is 0 Å². The molecular weight excluding hydrogens is 745 g/mol. The van der Waals surface area contributed by atoms with Crippen molar-refractivity contribution in [3.63, 3.8) is 0 Å². The van der Waals surface area contributed by atoms with Crippen molar-refractivity contribution in [2.45, 2.75) is 170 Å². The normalized spacial score (nSPS) is 15.5. The highest BCUT2D eigenvalue weighted by atomic mass is 16.5. The summed E-state index contributed by atoms with van der Waals surface area (Å²) in [4.78, 5) is 27.3. The Morgan fingerprint density at radius 3 is 1.48 bits per heavy atom. The van der Waals surface area contributed by atoms with Gasteiger partial charge in [-0.25, -0.2) is 0 Å². The van der Waals surface area contributed by atoms with Crippen molar-refractivity contribution in [2.24, 2.45) is 10.8 Å². The van der Waals surface area contributed by atoms with Crippen LogP contribution >= 0.6 is 0 Å². The maximum atomic E-state index is 14.5. The van der Waals surface area contributed by atoms with Crippen molar-refractivity contribution in [1.29, 1.82) is 0 Å². The van der Waals surface area contributed by atoms with Gasteiger partial charge in [0.25, 0.3) is 0 Å². The number of aryl methyl sites for hydroxylation is 2. The smallest absolute Gasteiger partial charge is 0.321 e. The Morgan fingerprint density at radius 2 is 1.03 bits per heavy atom. The largest absolute Gasteiger partial charge is 0.487 e. The van der Waals surface area contributed by atoms with Crippen LogP contribution in [0.5, 0.6) is 23.0 Å². The summed E-state index contributed by atoms with van der Waals surface area (Å²) in [7, 11) is 0. The number of carbonyl (C=O) groups excluding carboxylic acids is 2. The van der Waals surface area contributed by atoms with E-state index in [9.17, 15) is 9.59 Å². The fraction of sp³-hybridized carbons (Fsp3) is 0.519. The maximum Gasteiger partial charge on any atom is 0.321 e. The highest BCUT2D eigenvalue weighted by Gasteiger charge is 2.54. The molecule has 6 heteroatoms. The van der Waals surface area contributed by atoms with E-state index < -0.39 is 16.4 Å². The van der Waals surface area contributed by atoms with Gasteiger partial charge in [0.1, 0.15) is 39.6 Å². The first-order chi connectivity index (χ1) is 28.5. The second-order valence-electron chi connectivity index (χ2n) is 18.4. The van der Waals surface area contributed by atoms with Crippen LogP contribution in [0.1, 0.15) is 162 Å². The van der Waals surface area contributed by atoms with E-state index in [1.807, 2.05) is 52.0 Å². The van der Waals surface area contributed by atoms with E-state index in [0.29, 0.717) is 37.2 Å². The van der Waals surface area contributed by atoms with Crippen LogP contribution in [0.2, 0.25) is 0 Å². The molecule has 1 fully saturated rings. The SMILES string of the molecule is CCC(C)(CC)Oc1ccc(-c2ccc(OC(=O)C(CC)(CC)C(C)(CC)Oc3ccc(C4(c5ccc(OC(=O)C(C)(C)CC)cc5)CCCCC4)cc3)c(C)c2)cc1C. The summed E-state index contributed by atoms with van der Waals surface area (Å²) in [5.74, 6) is 2.30. The van der Waals surface area contributed by atoms with E-state index in [2.05, 4.69) is 116 Å². The molecule has 1 unspecified atom stereocenters. The molecule has 0 heterocycles. The fourth-order valence-corrected chi connectivity index (χ4v) is 8.99. The maximum absolute atomic E-state index is 14.5. The van der Waals surface area contributed by atoms with E-state index in [0.717, 1.165) is 72.3 Å². The van der Waals surface area contributed by atoms with Crippen molar-refractivity contribution in [3.8, 4) is 34.1 Å². The standard InChI is InChI=1S/C54H72O6/c1-13-50(9,10)48(55)57-44-28-24-42(25-29-44)53(34-20-19-21-35-53)43-26-30-45(31-27-43)59-52(12,16-4)54(17-5,18-6)49(56)58-46-32-22-40(36-38(46)7)41-23-33-47(39(8)37-41)60-51(11,14-2)15-3/h22-33,36-37H,13-21,34-35H2,1-12H3. The van der Waals surface area contributed by atoms with Gasteiger partial charge in [-0.2, -0.15) is 0 Å². The Hall–Kier alpha value is -4.58. The van der Waals surface area contributed by atoms with Crippen molar-refractivity contribution >= 4 is 11.9 Å². The van der Waals surface area contributed by atoms with E-state index >= 15 is 0 Å². The minimum absolute atomic E-state index is 0.147. The van der Waals surface area contributed by atoms with Crippen LogP contribution in [0, 0.1) is 24.7 Å². The summed E-state index contributed by atoms with van der Waals surface area (Å²) >= 11 is 0.